The van der Waals surface area contributed by atoms with Crippen LogP contribution in [0.4, 0.5) is 5.69 Å². The number of hydrogen-bond donors (Lipinski definition) is 0. The molecule has 0 saturated heterocycles. The van der Waals surface area contributed by atoms with E-state index >= 15 is 0 Å². The van der Waals surface area contributed by atoms with Crippen molar-refractivity contribution in [2.75, 3.05) is 7.11 Å². The first-order chi connectivity index (χ1) is 14.4. The van der Waals surface area contributed by atoms with Crippen molar-refractivity contribution in [3.05, 3.63) is 69.4 Å². The molecule has 0 N–H and O–H groups in total. The number of methoxy groups -OCH3 is 1. The molecule has 1 aliphatic rings. The van der Waals surface area contributed by atoms with E-state index in [0.717, 1.165) is 0 Å². The Balaban J connectivity index is 1.84. The summed E-state index contributed by atoms with van der Waals surface area (Å²) >= 11 is 0. The lowest BCUT2D eigenvalue weighted by Gasteiger charge is -2.09. The lowest BCUT2D eigenvalue weighted by Crippen LogP contribution is -2.07. The van der Waals surface area contributed by atoms with Crippen LogP contribution in [-0.4, -0.2) is 29.9 Å². The van der Waals surface area contributed by atoms with E-state index in [1.165, 1.54) is 37.5 Å². The van der Waals surface area contributed by atoms with Gasteiger partial charge in [-0.2, -0.15) is 0 Å². The number of ether oxygens (including phenoxy) is 3. The number of hydrogen-bond acceptors (Lipinski definition) is 8. The summed E-state index contributed by atoms with van der Waals surface area (Å²) in [5.74, 6) is -0.348. The fraction of sp³-hybridized carbons (Fsp3) is 0.190. The van der Waals surface area contributed by atoms with Gasteiger partial charge in [0.25, 0.3) is 5.69 Å². The van der Waals surface area contributed by atoms with Crippen molar-refractivity contribution in [2.45, 2.75) is 19.8 Å². The number of carbonyl (C=O) groups excluding carboxylic acids is 2. The molecule has 2 aromatic rings. The van der Waals surface area contributed by atoms with Crippen LogP contribution < -0.4 is 9.47 Å². The fourth-order valence-corrected chi connectivity index (χ4v) is 2.65. The lowest BCUT2D eigenvalue weighted by atomic mass is 10.1. The SMILES string of the molecule is CCCC(=O)Oc1ccc(/C=C2\N=C(c3ccc([N+](=O)[O-])cc3)OC2=O)cc1OC. The normalized spacial score (nSPS) is 14.3. The summed E-state index contributed by atoms with van der Waals surface area (Å²) in [6.45, 7) is 1.87. The van der Waals surface area contributed by atoms with Gasteiger partial charge in [-0.15, -0.1) is 0 Å². The minimum absolute atomic E-state index is 0.0539. The summed E-state index contributed by atoms with van der Waals surface area (Å²) in [4.78, 5) is 38.3. The highest BCUT2D eigenvalue weighted by Crippen LogP contribution is 2.30. The molecule has 0 amide bonds. The van der Waals surface area contributed by atoms with Crippen molar-refractivity contribution < 1.29 is 28.7 Å². The number of nitrogens with zero attached hydrogens (tertiary/aromatic N) is 2. The van der Waals surface area contributed by atoms with Crippen LogP contribution >= 0.6 is 0 Å². The number of nitro groups is 1. The Morgan fingerprint density at radius 3 is 2.57 bits per heavy atom. The largest absolute Gasteiger partial charge is 0.493 e. The molecule has 0 bridgehead atoms. The molecule has 0 aliphatic carbocycles. The Bertz CT molecular complexity index is 1060. The smallest absolute Gasteiger partial charge is 0.363 e. The van der Waals surface area contributed by atoms with Crippen LogP contribution in [0.15, 0.2) is 53.2 Å². The number of nitro benzene ring substituents is 1. The van der Waals surface area contributed by atoms with Crippen LogP contribution in [0, 0.1) is 10.1 Å². The van der Waals surface area contributed by atoms with Gasteiger partial charge in [0.2, 0.25) is 5.90 Å². The highest BCUT2D eigenvalue weighted by molar-refractivity contribution is 6.12. The molecule has 1 heterocycles. The summed E-state index contributed by atoms with van der Waals surface area (Å²) in [5.41, 5.74) is 1.00. The minimum atomic E-state index is -0.652. The predicted octanol–water partition coefficient (Wildman–Crippen LogP) is 3.65. The van der Waals surface area contributed by atoms with Gasteiger partial charge in [0.1, 0.15) is 0 Å². The lowest BCUT2D eigenvalue weighted by molar-refractivity contribution is -0.384. The van der Waals surface area contributed by atoms with Crippen LogP contribution in [0.3, 0.4) is 0 Å². The van der Waals surface area contributed by atoms with Crippen molar-refractivity contribution in [2.24, 2.45) is 4.99 Å². The average Bonchev–Trinajstić information content (AvgIpc) is 3.09. The highest BCUT2D eigenvalue weighted by Gasteiger charge is 2.24. The standard InChI is InChI=1S/C21H18N2O7/c1-3-4-19(24)29-17-10-5-13(12-18(17)28-2)11-16-21(25)30-20(22-16)14-6-8-15(9-7-14)23(26)27/h5-12H,3-4H2,1-2H3/b16-11-. The topological polar surface area (TPSA) is 117 Å². The second-order valence-electron chi connectivity index (χ2n) is 6.27. The van der Waals surface area contributed by atoms with Gasteiger partial charge in [-0.05, 0) is 42.3 Å². The number of benzene rings is 2. The Kier molecular flexibility index (Phi) is 6.21. The van der Waals surface area contributed by atoms with Gasteiger partial charge >= 0.3 is 11.9 Å². The van der Waals surface area contributed by atoms with E-state index in [1.54, 1.807) is 18.2 Å². The third-order valence-corrected chi connectivity index (χ3v) is 4.11. The highest BCUT2D eigenvalue weighted by atomic mass is 16.6. The maximum absolute atomic E-state index is 12.2. The first-order valence-electron chi connectivity index (χ1n) is 9.07. The third kappa shape index (κ3) is 4.69. The molecule has 0 fully saturated rings. The Morgan fingerprint density at radius 2 is 1.93 bits per heavy atom. The van der Waals surface area contributed by atoms with Crippen LogP contribution in [0.5, 0.6) is 11.5 Å². The summed E-state index contributed by atoms with van der Waals surface area (Å²) in [6, 6.07) is 10.3. The zero-order chi connectivity index (χ0) is 21.7. The van der Waals surface area contributed by atoms with Crippen molar-refractivity contribution in [3.8, 4) is 11.5 Å². The van der Waals surface area contributed by atoms with Crippen molar-refractivity contribution in [1.29, 1.82) is 0 Å². The van der Waals surface area contributed by atoms with Crippen molar-refractivity contribution >= 4 is 29.6 Å². The molecule has 0 unspecified atom stereocenters. The van der Waals surface area contributed by atoms with Crippen LogP contribution in [0.1, 0.15) is 30.9 Å². The Labute approximate surface area is 171 Å². The number of cyclic esters (lactones) is 1. The van der Waals surface area contributed by atoms with E-state index in [-0.39, 0.29) is 29.0 Å². The van der Waals surface area contributed by atoms with E-state index in [4.69, 9.17) is 14.2 Å². The van der Waals surface area contributed by atoms with E-state index in [2.05, 4.69) is 4.99 Å². The van der Waals surface area contributed by atoms with E-state index in [9.17, 15) is 19.7 Å². The van der Waals surface area contributed by atoms with E-state index in [1.807, 2.05) is 6.92 Å². The van der Waals surface area contributed by atoms with Crippen molar-refractivity contribution in [1.82, 2.24) is 0 Å². The average molecular weight is 410 g/mol. The monoisotopic (exact) mass is 410 g/mol. The molecule has 0 spiro atoms. The van der Waals surface area contributed by atoms with E-state index < -0.39 is 10.9 Å². The molecular weight excluding hydrogens is 392 g/mol. The Morgan fingerprint density at radius 1 is 1.20 bits per heavy atom. The van der Waals surface area contributed by atoms with Gasteiger partial charge in [-0.3, -0.25) is 14.9 Å². The summed E-state index contributed by atoms with van der Waals surface area (Å²) in [7, 11) is 1.44. The molecule has 0 atom stereocenters. The quantitative estimate of drug-likeness (QED) is 0.225. The minimum Gasteiger partial charge on any atom is -0.493 e. The molecular formula is C21H18N2O7. The van der Waals surface area contributed by atoms with Crippen LogP contribution in [0.2, 0.25) is 0 Å². The zero-order valence-corrected chi connectivity index (χ0v) is 16.3. The van der Waals surface area contributed by atoms with Gasteiger partial charge in [-0.25, -0.2) is 9.79 Å². The van der Waals surface area contributed by atoms with Crippen LogP contribution in [0.25, 0.3) is 6.08 Å². The first-order valence-corrected chi connectivity index (χ1v) is 9.07. The molecule has 0 aromatic heterocycles. The summed E-state index contributed by atoms with van der Waals surface area (Å²) in [6.07, 6.45) is 2.46. The van der Waals surface area contributed by atoms with Crippen molar-refractivity contribution in [3.63, 3.8) is 0 Å². The third-order valence-electron chi connectivity index (χ3n) is 4.11. The van der Waals surface area contributed by atoms with Crippen LogP contribution in [-0.2, 0) is 14.3 Å². The molecule has 30 heavy (non-hydrogen) atoms. The second kappa shape index (κ2) is 8.99. The van der Waals surface area contributed by atoms with Gasteiger partial charge in [0, 0.05) is 24.1 Å². The molecule has 2 aromatic carbocycles. The predicted molar refractivity (Wildman–Crippen MR) is 107 cm³/mol. The molecule has 0 radical (unpaired) electrons. The van der Waals surface area contributed by atoms with E-state index in [0.29, 0.717) is 29.7 Å². The summed E-state index contributed by atoms with van der Waals surface area (Å²) in [5, 5.41) is 10.8. The van der Waals surface area contributed by atoms with Gasteiger partial charge in [0.05, 0.1) is 12.0 Å². The fourth-order valence-electron chi connectivity index (χ4n) is 2.65. The van der Waals surface area contributed by atoms with Gasteiger partial charge < -0.3 is 14.2 Å². The molecule has 9 nitrogen and oxygen atoms in total. The molecule has 154 valence electrons. The molecule has 1 aliphatic heterocycles. The second-order valence-corrected chi connectivity index (χ2v) is 6.27. The maximum atomic E-state index is 12.2. The Hall–Kier alpha value is -4.01. The van der Waals surface area contributed by atoms with Gasteiger partial charge in [0.15, 0.2) is 17.2 Å². The number of non-ortho nitro benzene ring substituents is 1. The molecule has 0 saturated carbocycles. The first kappa shape index (κ1) is 20.7. The van der Waals surface area contributed by atoms with Gasteiger partial charge in [-0.1, -0.05) is 13.0 Å². The maximum Gasteiger partial charge on any atom is 0.363 e. The number of aliphatic imine (C=N–C) groups is 1. The zero-order valence-electron chi connectivity index (χ0n) is 16.3. The number of carbonyl (C=O) groups is 2. The number of esters is 2. The molecule has 9 heteroatoms. The summed E-state index contributed by atoms with van der Waals surface area (Å²) < 4.78 is 15.7. The molecule has 3 rings (SSSR count). The number of rotatable bonds is 7.